The molecule has 1 unspecified atom stereocenters. The van der Waals surface area contributed by atoms with Gasteiger partial charge in [0.1, 0.15) is 0 Å². The molecule has 0 aromatic heterocycles. The molecule has 0 saturated heterocycles. The van der Waals surface area contributed by atoms with Crippen LogP contribution in [0.15, 0.2) is 0 Å². The van der Waals surface area contributed by atoms with Crippen LogP contribution in [0.4, 0.5) is 43.9 Å². The van der Waals surface area contributed by atoms with Gasteiger partial charge in [-0.25, -0.2) is 0 Å². The van der Waals surface area contributed by atoms with Gasteiger partial charge in [-0.1, -0.05) is 45.4 Å². The number of unbranched alkanes of at least 4 members (excludes halogenated alkanes) is 5. The second-order valence-electron chi connectivity index (χ2n) is 6.10. The molecular weight excluding hydrogens is 421 g/mol. The second kappa shape index (κ2) is 9.33. The standard InChI is InChI=1S/C14H21F10O2P/c1-3-4-5-6-7-8-9-10(2)26-27(25,13(21,22)11(15,16)17)14(23,24)12(18,19)20/h10H,3-9H2,1-2H3. The molecule has 0 aliphatic carbocycles. The molecule has 0 fully saturated rings. The molecule has 0 N–H and O–H groups in total. The Morgan fingerprint density at radius 3 is 1.48 bits per heavy atom. The van der Waals surface area contributed by atoms with Crippen molar-refractivity contribution in [2.75, 3.05) is 0 Å². The fourth-order valence-corrected chi connectivity index (χ4v) is 4.06. The summed E-state index contributed by atoms with van der Waals surface area (Å²) in [4.78, 5) is 0. The summed E-state index contributed by atoms with van der Waals surface area (Å²) in [6, 6.07) is 0. The zero-order valence-corrected chi connectivity index (χ0v) is 15.5. The van der Waals surface area contributed by atoms with E-state index in [0.717, 1.165) is 26.2 Å². The molecule has 1 atom stereocenters. The molecule has 164 valence electrons. The Kier molecular flexibility index (Phi) is 9.15. The van der Waals surface area contributed by atoms with E-state index >= 15 is 0 Å². The smallest absolute Gasteiger partial charge is 0.317 e. The van der Waals surface area contributed by atoms with Crippen molar-refractivity contribution in [3.8, 4) is 0 Å². The zero-order valence-electron chi connectivity index (χ0n) is 14.6. The van der Waals surface area contributed by atoms with E-state index in [9.17, 15) is 48.5 Å². The van der Waals surface area contributed by atoms with E-state index in [1.54, 1.807) is 0 Å². The van der Waals surface area contributed by atoms with Gasteiger partial charge in [-0.05, 0) is 13.3 Å². The number of hydrogen-bond acceptors (Lipinski definition) is 2. The molecule has 2 nitrogen and oxygen atoms in total. The minimum Gasteiger partial charge on any atom is -0.317 e. The maximum atomic E-state index is 13.4. The summed E-state index contributed by atoms with van der Waals surface area (Å²) in [6.45, 7) is 2.65. The van der Waals surface area contributed by atoms with Crippen molar-refractivity contribution >= 4 is 7.37 Å². The number of hydrogen-bond donors (Lipinski definition) is 0. The summed E-state index contributed by atoms with van der Waals surface area (Å²) >= 11 is 0. The molecule has 0 aromatic carbocycles. The lowest BCUT2D eigenvalue weighted by Crippen LogP contribution is -2.48. The van der Waals surface area contributed by atoms with Gasteiger partial charge < -0.3 is 4.52 Å². The first-order valence-corrected chi connectivity index (χ1v) is 9.76. The van der Waals surface area contributed by atoms with Gasteiger partial charge in [-0.15, -0.1) is 0 Å². The van der Waals surface area contributed by atoms with Crippen LogP contribution in [0.2, 0.25) is 0 Å². The first-order valence-electron chi connectivity index (χ1n) is 8.13. The molecule has 0 radical (unpaired) electrons. The first-order chi connectivity index (χ1) is 12.0. The summed E-state index contributed by atoms with van der Waals surface area (Å²) in [5.41, 5.74) is -13.8. The van der Waals surface area contributed by atoms with Crippen molar-refractivity contribution in [2.45, 2.75) is 88.6 Å². The maximum Gasteiger partial charge on any atom is 0.463 e. The van der Waals surface area contributed by atoms with E-state index in [1.807, 2.05) is 6.92 Å². The minimum absolute atomic E-state index is 0.111. The highest BCUT2D eigenvalue weighted by atomic mass is 31.2. The Morgan fingerprint density at radius 1 is 0.741 bits per heavy atom. The first kappa shape index (κ1) is 26.5. The van der Waals surface area contributed by atoms with Gasteiger partial charge in [0.05, 0.1) is 6.10 Å². The van der Waals surface area contributed by atoms with Gasteiger partial charge >= 0.3 is 31.0 Å². The summed E-state index contributed by atoms with van der Waals surface area (Å²) in [5.74, 6) is 0. The molecule has 0 amide bonds. The summed E-state index contributed by atoms with van der Waals surface area (Å²) < 4.78 is 144. The fraction of sp³-hybridized carbons (Fsp3) is 1.00. The second-order valence-corrected chi connectivity index (χ2v) is 8.54. The zero-order chi connectivity index (χ0) is 21.7. The molecular formula is C14H21F10O2P. The molecule has 0 heterocycles. The fourth-order valence-electron chi connectivity index (χ4n) is 2.16. The molecule has 13 heteroatoms. The van der Waals surface area contributed by atoms with Crippen LogP contribution in [0, 0.1) is 0 Å². The van der Waals surface area contributed by atoms with Gasteiger partial charge in [0.25, 0.3) is 0 Å². The predicted octanol–water partition coefficient (Wildman–Crippen LogP) is 7.73. The molecule has 0 saturated carbocycles. The quantitative estimate of drug-likeness (QED) is 0.186. The number of alkyl halides is 10. The Morgan fingerprint density at radius 2 is 1.11 bits per heavy atom. The SMILES string of the molecule is CCCCCCCCC(C)OP(=O)(C(F)(F)C(F)(F)F)C(F)(F)C(F)(F)F. The van der Waals surface area contributed by atoms with Crippen molar-refractivity contribution < 1.29 is 53.0 Å². The lowest BCUT2D eigenvalue weighted by Gasteiger charge is -2.35. The number of rotatable bonds is 11. The van der Waals surface area contributed by atoms with Crippen LogP contribution < -0.4 is 0 Å². The normalized spacial score (nSPS) is 15.9. The molecule has 0 spiro atoms. The van der Waals surface area contributed by atoms with Crippen LogP contribution in [0.3, 0.4) is 0 Å². The average Bonchev–Trinajstić information content (AvgIpc) is 2.48. The van der Waals surface area contributed by atoms with Gasteiger partial charge in [0.2, 0.25) is 0 Å². The van der Waals surface area contributed by atoms with Crippen LogP contribution >= 0.6 is 7.37 Å². The largest absolute Gasteiger partial charge is 0.463 e. The van der Waals surface area contributed by atoms with Crippen molar-refractivity contribution in [3.05, 3.63) is 0 Å². The lowest BCUT2D eigenvalue weighted by atomic mass is 10.1. The minimum atomic E-state index is -7.91. The van der Waals surface area contributed by atoms with Crippen molar-refractivity contribution in [1.82, 2.24) is 0 Å². The third-order valence-electron chi connectivity index (χ3n) is 3.71. The van der Waals surface area contributed by atoms with E-state index in [2.05, 4.69) is 4.52 Å². The molecule has 0 bridgehead atoms. The van der Waals surface area contributed by atoms with Crippen molar-refractivity contribution in [2.24, 2.45) is 0 Å². The summed E-state index contributed by atoms with van der Waals surface area (Å²) in [6.07, 6.45) is -12.4. The van der Waals surface area contributed by atoms with Gasteiger partial charge in [0, 0.05) is 0 Å². The van der Waals surface area contributed by atoms with Crippen LogP contribution in [0.1, 0.15) is 58.8 Å². The highest BCUT2D eigenvalue weighted by Gasteiger charge is 2.85. The molecule has 0 rings (SSSR count). The molecule has 0 aliphatic heterocycles. The Bertz CT molecular complexity index is 471. The van der Waals surface area contributed by atoms with Crippen LogP contribution in [-0.2, 0) is 9.09 Å². The molecule has 0 aliphatic rings. The van der Waals surface area contributed by atoms with Crippen LogP contribution in [-0.4, -0.2) is 29.8 Å². The van der Waals surface area contributed by atoms with Crippen LogP contribution in [0.5, 0.6) is 0 Å². The van der Waals surface area contributed by atoms with E-state index in [4.69, 9.17) is 0 Å². The highest BCUT2D eigenvalue weighted by Crippen LogP contribution is 2.78. The third kappa shape index (κ3) is 5.98. The third-order valence-corrected chi connectivity index (χ3v) is 6.36. The summed E-state index contributed by atoms with van der Waals surface area (Å²) in [5, 5.41) is 0. The lowest BCUT2D eigenvalue weighted by molar-refractivity contribution is -0.272. The van der Waals surface area contributed by atoms with E-state index in [0.29, 0.717) is 12.8 Å². The Labute approximate surface area is 150 Å². The average molecular weight is 442 g/mol. The Balaban J connectivity index is 5.46. The Hall–Kier alpha value is -0.510. The summed E-state index contributed by atoms with van der Waals surface area (Å²) in [7, 11) is -7.91. The van der Waals surface area contributed by atoms with E-state index in [1.165, 1.54) is 0 Å². The predicted molar refractivity (Wildman–Crippen MR) is 78.2 cm³/mol. The highest BCUT2D eigenvalue weighted by molar-refractivity contribution is 7.61. The monoisotopic (exact) mass is 442 g/mol. The molecule has 27 heavy (non-hydrogen) atoms. The van der Waals surface area contributed by atoms with Gasteiger partial charge in [-0.3, -0.25) is 4.57 Å². The molecule has 0 aromatic rings. The van der Waals surface area contributed by atoms with E-state index < -0.39 is 43.6 Å². The van der Waals surface area contributed by atoms with E-state index in [-0.39, 0.29) is 6.42 Å². The van der Waals surface area contributed by atoms with Crippen molar-refractivity contribution in [1.29, 1.82) is 0 Å². The van der Waals surface area contributed by atoms with Crippen LogP contribution in [0.25, 0.3) is 0 Å². The number of halogens is 10. The van der Waals surface area contributed by atoms with Gasteiger partial charge in [-0.2, -0.15) is 43.9 Å². The van der Waals surface area contributed by atoms with Gasteiger partial charge in [0.15, 0.2) is 0 Å². The van der Waals surface area contributed by atoms with Crippen molar-refractivity contribution in [3.63, 3.8) is 0 Å². The maximum absolute atomic E-state index is 13.4. The topological polar surface area (TPSA) is 26.3 Å².